The van der Waals surface area contributed by atoms with E-state index >= 15 is 0 Å². The van der Waals surface area contributed by atoms with Crippen molar-refractivity contribution in [2.24, 2.45) is 11.8 Å². The van der Waals surface area contributed by atoms with Gasteiger partial charge in [-0.2, -0.15) is 0 Å². The number of hydrogen-bond donors (Lipinski definition) is 1. The molecule has 1 aliphatic heterocycles. The molecule has 2 aromatic carbocycles. The van der Waals surface area contributed by atoms with Crippen molar-refractivity contribution < 1.29 is 19.0 Å². The van der Waals surface area contributed by atoms with Crippen molar-refractivity contribution in [3.05, 3.63) is 66.2 Å². The third kappa shape index (κ3) is 7.28. The molecule has 0 bridgehead atoms. The molecule has 1 saturated heterocycles. The second-order valence-electron chi connectivity index (χ2n) is 11.6. The molecule has 1 heterocycles. The number of thioether (sulfide) groups is 1. The molecule has 1 fully saturated rings. The van der Waals surface area contributed by atoms with Gasteiger partial charge in [0, 0.05) is 4.90 Å². The van der Waals surface area contributed by atoms with Crippen molar-refractivity contribution in [2.75, 3.05) is 6.61 Å². The van der Waals surface area contributed by atoms with Gasteiger partial charge in [0.05, 0.1) is 25.4 Å². The van der Waals surface area contributed by atoms with Crippen LogP contribution in [0.4, 0.5) is 0 Å². The van der Waals surface area contributed by atoms with E-state index in [1.165, 1.54) is 0 Å². The molecule has 0 saturated carbocycles. The average Bonchev–Trinajstić information content (AvgIpc) is 2.86. The van der Waals surface area contributed by atoms with Gasteiger partial charge in [-0.3, -0.25) is 0 Å². The van der Waals surface area contributed by atoms with Crippen LogP contribution in [0.1, 0.15) is 61.0 Å². The Morgan fingerprint density at radius 3 is 1.92 bits per heavy atom. The van der Waals surface area contributed by atoms with E-state index in [1.807, 2.05) is 36.4 Å². The van der Waals surface area contributed by atoms with Gasteiger partial charge < -0.3 is 19.0 Å². The number of hydrogen-bond acceptors (Lipinski definition) is 5. The van der Waals surface area contributed by atoms with Crippen molar-refractivity contribution in [1.82, 2.24) is 0 Å². The van der Waals surface area contributed by atoms with Crippen molar-refractivity contribution in [1.29, 1.82) is 0 Å². The van der Waals surface area contributed by atoms with E-state index in [1.54, 1.807) is 11.8 Å². The fourth-order valence-corrected chi connectivity index (χ4v) is 12.9. The van der Waals surface area contributed by atoms with Gasteiger partial charge in [-0.25, -0.2) is 0 Å². The van der Waals surface area contributed by atoms with E-state index in [0.29, 0.717) is 29.8 Å². The summed E-state index contributed by atoms with van der Waals surface area (Å²) in [6.07, 6.45) is -1.10. The summed E-state index contributed by atoms with van der Waals surface area (Å²) in [4.78, 5) is 1.14. The molecular weight excluding hydrogens is 496 g/mol. The van der Waals surface area contributed by atoms with Crippen LogP contribution in [0.25, 0.3) is 0 Å². The Bertz CT molecular complexity index is 902. The number of aliphatic hydroxyl groups excluding tert-OH is 1. The molecule has 0 amide bonds. The van der Waals surface area contributed by atoms with Crippen LogP contribution in [0, 0.1) is 11.8 Å². The lowest BCUT2D eigenvalue weighted by molar-refractivity contribution is -0.189. The summed E-state index contributed by atoms with van der Waals surface area (Å²) >= 11 is 1.68. The molecule has 3 rings (SSSR count). The van der Waals surface area contributed by atoms with E-state index in [9.17, 15) is 5.11 Å². The first-order valence-corrected chi connectivity index (χ1v) is 16.9. The largest absolute Gasteiger partial charge is 0.413 e. The first kappa shape index (κ1) is 30.4. The zero-order chi connectivity index (χ0) is 27.2. The molecule has 2 aromatic rings. The van der Waals surface area contributed by atoms with E-state index in [4.69, 9.17) is 13.9 Å². The van der Waals surface area contributed by atoms with E-state index < -0.39 is 14.4 Å². The molecule has 0 aromatic heterocycles. The summed E-state index contributed by atoms with van der Waals surface area (Å²) in [5.41, 5.74) is 2.35. The third-order valence-electron chi connectivity index (χ3n) is 8.30. The van der Waals surface area contributed by atoms with Crippen LogP contribution >= 0.6 is 11.8 Å². The third-order valence-corrected chi connectivity index (χ3v) is 15.5. The number of ether oxygens (including phenoxy) is 2. The second kappa shape index (κ2) is 13.8. The maximum atomic E-state index is 11.5. The maximum absolute atomic E-state index is 11.5. The Balaban J connectivity index is 1.78. The van der Waals surface area contributed by atoms with Crippen LogP contribution in [-0.4, -0.2) is 43.8 Å². The maximum Gasteiger partial charge on any atom is 0.200 e. The summed E-state index contributed by atoms with van der Waals surface area (Å²) in [6.45, 7) is 19.0. The van der Waals surface area contributed by atoms with Crippen LogP contribution in [0.2, 0.25) is 16.6 Å². The Morgan fingerprint density at radius 1 is 0.838 bits per heavy atom. The van der Waals surface area contributed by atoms with Crippen LogP contribution in [0.15, 0.2) is 65.6 Å². The predicted molar refractivity (Wildman–Crippen MR) is 157 cm³/mol. The standard InChI is InChI=1S/C31H48O4SSi/c1-21(2)37(22(3)4,23(5)6)34-20-28(32)29-24(7)25(8)30(33-19-26-15-11-9-12-16-26)31(35-29)36-27-17-13-10-14-18-27/h9-18,21-25,28-32H,19-20H2,1-8H3/t24-,25-,28+,29?,30?,31+/m0/s1. The van der Waals surface area contributed by atoms with E-state index in [-0.39, 0.29) is 29.5 Å². The van der Waals surface area contributed by atoms with Gasteiger partial charge in [-0.05, 0) is 46.2 Å². The summed E-state index contributed by atoms with van der Waals surface area (Å²) in [6, 6.07) is 20.6. The van der Waals surface area contributed by atoms with Crippen LogP contribution in [-0.2, 0) is 20.5 Å². The van der Waals surface area contributed by atoms with Gasteiger partial charge in [-0.1, -0.05) is 116 Å². The molecule has 6 heteroatoms. The highest BCUT2D eigenvalue weighted by atomic mass is 32.2. The minimum absolute atomic E-state index is 0.0970. The fraction of sp³-hybridized carbons (Fsp3) is 0.613. The topological polar surface area (TPSA) is 47.9 Å². The number of aliphatic hydroxyl groups is 1. The van der Waals surface area contributed by atoms with E-state index in [2.05, 4.69) is 79.7 Å². The minimum atomic E-state index is -2.08. The summed E-state index contributed by atoms with van der Waals surface area (Å²) in [5, 5.41) is 11.5. The lowest BCUT2D eigenvalue weighted by Crippen LogP contribution is -2.55. The molecular formula is C31H48O4SSi. The molecule has 0 aliphatic carbocycles. The lowest BCUT2D eigenvalue weighted by Gasteiger charge is -2.47. The summed E-state index contributed by atoms with van der Waals surface area (Å²) < 4.78 is 20.0. The van der Waals surface area contributed by atoms with Gasteiger partial charge in [0.1, 0.15) is 11.5 Å². The molecule has 2 unspecified atom stereocenters. The highest BCUT2D eigenvalue weighted by Gasteiger charge is 2.48. The molecule has 4 nitrogen and oxygen atoms in total. The number of benzene rings is 2. The van der Waals surface area contributed by atoms with Crippen molar-refractivity contribution in [3.8, 4) is 0 Å². The van der Waals surface area contributed by atoms with Gasteiger partial charge in [0.25, 0.3) is 0 Å². The monoisotopic (exact) mass is 544 g/mol. The van der Waals surface area contributed by atoms with Crippen molar-refractivity contribution >= 4 is 20.1 Å². The Labute approximate surface area is 230 Å². The van der Waals surface area contributed by atoms with Crippen molar-refractivity contribution in [3.63, 3.8) is 0 Å². The fourth-order valence-electron chi connectivity index (χ4n) is 6.19. The summed E-state index contributed by atoms with van der Waals surface area (Å²) in [7, 11) is -2.08. The van der Waals surface area contributed by atoms with Gasteiger partial charge in [0.15, 0.2) is 8.32 Å². The van der Waals surface area contributed by atoms with Crippen LogP contribution in [0.5, 0.6) is 0 Å². The van der Waals surface area contributed by atoms with Crippen LogP contribution < -0.4 is 0 Å². The van der Waals surface area contributed by atoms with Gasteiger partial charge in [-0.15, -0.1) is 0 Å². The number of rotatable bonds is 12. The average molecular weight is 545 g/mol. The second-order valence-corrected chi connectivity index (χ2v) is 18.2. The summed E-state index contributed by atoms with van der Waals surface area (Å²) in [5.74, 6) is 0.334. The molecule has 6 atom stereocenters. The first-order chi connectivity index (χ1) is 17.6. The zero-order valence-electron chi connectivity index (χ0n) is 24.0. The van der Waals surface area contributed by atoms with Crippen molar-refractivity contribution in [2.45, 2.75) is 107 Å². The molecule has 0 radical (unpaired) electrons. The van der Waals surface area contributed by atoms with Crippen LogP contribution in [0.3, 0.4) is 0 Å². The predicted octanol–water partition coefficient (Wildman–Crippen LogP) is 7.91. The highest BCUT2D eigenvalue weighted by Crippen LogP contribution is 2.44. The van der Waals surface area contributed by atoms with E-state index in [0.717, 1.165) is 10.5 Å². The molecule has 0 spiro atoms. The Morgan fingerprint density at radius 2 is 1.38 bits per heavy atom. The SMILES string of the molecule is CC(C)[Si](OC[C@@H](O)C1O[C@H](Sc2ccccc2)C(OCc2ccccc2)[C@@H](C)[C@@H]1C)(C(C)C)C(C)C. The first-order valence-electron chi connectivity index (χ1n) is 13.9. The lowest BCUT2D eigenvalue weighted by atomic mass is 9.82. The van der Waals surface area contributed by atoms with Gasteiger partial charge in [0.2, 0.25) is 0 Å². The Hall–Kier alpha value is -1.15. The Kier molecular flexibility index (Phi) is 11.3. The molecule has 1 N–H and O–H groups in total. The highest BCUT2D eigenvalue weighted by molar-refractivity contribution is 7.99. The minimum Gasteiger partial charge on any atom is -0.413 e. The molecule has 37 heavy (non-hydrogen) atoms. The smallest absolute Gasteiger partial charge is 0.200 e. The molecule has 206 valence electrons. The zero-order valence-corrected chi connectivity index (χ0v) is 25.8. The molecule has 1 aliphatic rings. The van der Waals surface area contributed by atoms with Gasteiger partial charge >= 0.3 is 0 Å². The normalized spacial score (nSPS) is 25.7. The quantitative estimate of drug-likeness (QED) is 0.275.